The Morgan fingerprint density at radius 2 is 1.90 bits per heavy atom. The van der Waals surface area contributed by atoms with Crippen molar-refractivity contribution < 1.29 is 27.9 Å². The smallest absolute Gasteiger partial charge is 0.475 e. The van der Waals surface area contributed by atoms with Crippen molar-refractivity contribution in [3.63, 3.8) is 0 Å². The minimum Gasteiger partial charge on any atom is -0.475 e. The van der Waals surface area contributed by atoms with Crippen LogP contribution in [0.5, 0.6) is 0 Å². The molecule has 0 radical (unpaired) electrons. The second-order valence-electron chi connectivity index (χ2n) is 6.88. The molecule has 4 heterocycles. The van der Waals surface area contributed by atoms with Crippen LogP contribution in [0, 0.1) is 0 Å². The van der Waals surface area contributed by atoms with E-state index in [9.17, 15) is 18.0 Å². The van der Waals surface area contributed by atoms with Crippen molar-refractivity contribution in [3.05, 3.63) is 24.4 Å². The Hall–Kier alpha value is -2.70. The van der Waals surface area contributed by atoms with Crippen molar-refractivity contribution in [2.75, 3.05) is 5.32 Å². The van der Waals surface area contributed by atoms with Gasteiger partial charge in [-0.25, -0.2) is 14.6 Å². The number of carbonyl (C=O) groups excluding carboxylic acids is 1. The zero-order chi connectivity index (χ0) is 21.2. The number of rotatable bonds is 2. The number of amides is 2. The largest absolute Gasteiger partial charge is 0.490 e. The van der Waals surface area contributed by atoms with E-state index in [4.69, 9.17) is 9.90 Å². The number of anilines is 1. The van der Waals surface area contributed by atoms with E-state index in [1.165, 1.54) is 0 Å². The van der Waals surface area contributed by atoms with Crippen LogP contribution in [0.25, 0.3) is 0 Å². The van der Waals surface area contributed by atoms with Crippen LogP contribution in [0.2, 0.25) is 0 Å². The second-order valence-corrected chi connectivity index (χ2v) is 7.44. The number of carboxylic acids is 1. The van der Waals surface area contributed by atoms with Crippen molar-refractivity contribution in [3.8, 4) is 0 Å². The zero-order valence-corrected chi connectivity index (χ0v) is 16.2. The number of aliphatic carboxylic acids is 1. The van der Waals surface area contributed by atoms with E-state index in [1.54, 1.807) is 6.20 Å². The molecule has 0 aromatic carbocycles. The Balaban J connectivity index is 0.000000298. The van der Waals surface area contributed by atoms with E-state index in [2.05, 4.69) is 23.6 Å². The molecule has 158 valence electrons. The lowest BCUT2D eigenvalue weighted by atomic mass is 9.90. The predicted molar refractivity (Wildman–Crippen MR) is 96.5 cm³/mol. The fourth-order valence-corrected chi connectivity index (χ4v) is 4.26. The fourth-order valence-electron chi connectivity index (χ4n) is 3.88. The van der Waals surface area contributed by atoms with Gasteiger partial charge in [-0.15, -0.1) is 0 Å². The molecule has 2 aliphatic rings. The summed E-state index contributed by atoms with van der Waals surface area (Å²) in [6.07, 6.45) is 4.49. The number of imidazole rings is 1. The summed E-state index contributed by atoms with van der Waals surface area (Å²) in [5.74, 6) is -0.628. The number of carboxylic acid groups (broad SMARTS) is 1. The van der Waals surface area contributed by atoms with Crippen molar-refractivity contribution >= 4 is 29.5 Å². The number of hydrogen-bond acceptors (Lipinski definition) is 6. The quantitative estimate of drug-likeness (QED) is 0.755. The molecule has 9 nitrogen and oxygen atoms in total. The summed E-state index contributed by atoms with van der Waals surface area (Å²) in [4.78, 5) is 27.9. The second kappa shape index (κ2) is 8.35. The van der Waals surface area contributed by atoms with Gasteiger partial charge in [0.05, 0.1) is 17.9 Å². The summed E-state index contributed by atoms with van der Waals surface area (Å²) in [7, 11) is 2.04. The maximum atomic E-state index is 12.5. The van der Waals surface area contributed by atoms with E-state index in [1.807, 2.05) is 24.3 Å². The normalized spacial score (nSPS) is 23.3. The lowest BCUT2D eigenvalue weighted by Gasteiger charge is -2.38. The number of aromatic nitrogens is 4. The summed E-state index contributed by atoms with van der Waals surface area (Å²) < 4.78 is 41.8. The van der Waals surface area contributed by atoms with E-state index in [0.29, 0.717) is 23.8 Å². The molecule has 0 spiro atoms. The van der Waals surface area contributed by atoms with Crippen LogP contribution < -0.4 is 5.32 Å². The molecule has 2 N–H and O–H groups in total. The van der Waals surface area contributed by atoms with E-state index in [-0.39, 0.29) is 6.03 Å². The molecular formula is C16H19F3N6O3S. The van der Waals surface area contributed by atoms with Gasteiger partial charge in [0.25, 0.3) is 0 Å². The van der Waals surface area contributed by atoms with Gasteiger partial charge in [0.2, 0.25) is 0 Å². The first kappa shape index (κ1) is 21.0. The maximum Gasteiger partial charge on any atom is 0.490 e. The summed E-state index contributed by atoms with van der Waals surface area (Å²) >= 11 is 1.10. The zero-order valence-electron chi connectivity index (χ0n) is 15.3. The molecule has 4 rings (SSSR count). The molecule has 29 heavy (non-hydrogen) atoms. The van der Waals surface area contributed by atoms with Gasteiger partial charge in [-0.05, 0) is 25.7 Å². The Kier molecular flexibility index (Phi) is 6.05. The molecule has 2 saturated heterocycles. The van der Waals surface area contributed by atoms with Gasteiger partial charge in [0, 0.05) is 37.4 Å². The van der Waals surface area contributed by atoms with Crippen molar-refractivity contribution in [1.82, 2.24) is 23.2 Å². The van der Waals surface area contributed by atoms with Gasteiger partial charge in [-0.1, -0.05) is 0 Å². The number of aryl methyl sites for hydroxylation is 1. The van der Waals surface area contributed by atoms with Crippen LogP contribution >= 0.6 is 11.7 Å². The van der Waals surface area contributed by atoms with Crippen molar-refractivity contribution in [1.29, 1.82) is 0 Å². The van der Waals surface area contributed by atoms with Crippen LogP contribution in [0.3, 0.4) is 0 Å². The van der Waals surface area contributed by atoms with E-state index < -0.39 is 12.1 Å². The number of nitrogens with zero attached hydrogens (tertiary/aromatic N) is 5. The third kappa shape index (κ3) is 4.83. The van der Waals surface area contributed by atoms with Crippen LogP contribution in [-0.2, 0) is 11.8 Å². The highest BCUT2D eigenvalue weighted by Gasteiger charge is 2.44. The van der Waals surface area contributed by atoms with Crippen LogP contribution in [-0.4, -0.2) is 58.6 Å². The number of urea groups is 1. The summed E-state index contributed by atoms with van der Waals surface area (Å²) in [6, 6.07) is 0.553. The lowest BCUT2D eigenvalue weighted by Crippen LogP contribution is -2.48. The standard InChI is InChI=1S/C14H18N6OS.C2HF3O2/c1-19-5-4-15-13(19)9-6-10-2-3-11(7-9)20(10)14(21)17-12-8-16-22-18-12;3-2(4,5)1(6)7/h4-5,8-11H,2-3,6-7H2,1H3,(H,17,18,21);(H,6,7)/t9?,10-,11+;. The number of piperidine rings is 1. The average Bonchev–Trinajstić information content (AvgIpc) is 3.35. The Bertz CT molecular complexity index is 842. The number of fused-ring (bicyclic) bond motifs is 2. The first-order valence-electron chi connectivity index (χ1n) is 8.81. The molecular weight excluding hydrogens is 413 g/mol. The summed E-state index contributed by atoms with van der Waals surface area (Å²) in [6.45, 7) is 0. The molecule has 13 heteroatoms. The highest BCUT2D eigenvalue weighted by atomic mass is 32.1. The number of nitrogens with one attached hydrogen (secondary N) is 1. The molecule has 2 aromatic heterocycles. The number of carbonyl (C=O) groups is 2. The van der Waals surface area contributed by atoms with Gasteiger partial charge >= 0.3 is 18.2 Å². The van der Waals surface area contributed by atoms with Gasteiger partial charge in [0.1, 0.15) is 5.82 Å². The highest BCUT2D eigenvalue weighted by Crippen LogP contribution is 2.42. The Morgan fingerprint density at radius 3 is 2.34 bits per heavy atom. The van der Waals surface area contributed by atoms with Crippen molar-refractivity contribution in [2.24, 2.45) is 7.05 Å². The SMILES string of the molecule is Cn1ccnc1C1C[C@H]2CC[C@@H](C1)N2C(=O)Nc1cnsn1.O=C(O)C(F)(F)F. The third-order valence-corrected chi connectivity index (χ3v) is 5.51. The lowest BCUT2D eigenvalue weighted by molar-refractivity contribution is -0.192. The highest BCUT2D eigenvalue weighted by molar-refractivity contribution is 6.99. The molecule has 0 saturated carbocycles. The molecule has 3 atom stereocenters. The molecule has 2 amide bonds. The van der Waals surface area contributed by atoms with E-state index >= 15 is 0 Å². The minimum atomic E-state index is -5.08. The van der Waals surface area contributed by atoms with Crippen molar-refractivity contribution in [2.45, 2.75) is 49.9 Å². The minimum absolute atomic E-state index is 0.0431. The number of hydrogen-bond donors (Lipinski definition) is 2. The topological polar surface area (TPSA) is 113 Å². The predicted octanol–water partition coefficient (Wildman–Crippen LogP) is 2.85. The van der Waals surface area contributed by atoms with E-state index in [0.717, 1.165) is 43.2 Å². The number of alkyl halides is 3. The number of halogens is 3. The fraction of sp³-hybridized carbons (Fsp3) is 0.562. The van der Waals surface area contributed by atoms with Gasteiger partial charge in [-0.3, -0.25) is 5.32 Å². The first-order valence-corrected chi connectivity index (χ1v) is 9.54. The molecule has 2 aromatic rings. The third-order valence-electron chi connectivity index (χ3n) is 5.03. The molecule has 1 unspecified atom stereocenters. The molecule has 2 fully saturated rings. The van der Waals surface area contributed by atoms with Gasteiger partial charge in [-0.2, -0.15) is 21.9 Å². The molecule has 2 bridgehead atoms. The van der Waals surface area contributed by atoms with Crippen LogP contribution in [0.15, 0.2) is 18.6 Å². The summed E-state index contributed by atoms with van der Waals surface area (Å²) in [5, 5.41) is 9.98. The summed E-state index contributed by atoms with van der Waals surface area (Å²) in [5.41, 5.74) is 0. The molecule has 2 aliphatic heterocycles. The Morgan fingerprint density at radius 1 is 1.28 bits per heavy atom. The van der Waals surface area contributed by atoms with Gasteiger partial charge in [0.15, 0.2) is 5.82 Å². The van der Waals surface area contributed by atoms with Crippen LogP contribution in [0.1, 0.15) is 37.4 Å². The Labute approximate surface area is 167 Å². The maximum absolute atomic E-state index is 12.5. The molecule has 0 aliphatic carbocycles. The van der Waals surface area contributed by atoms with Crippen LogP contribution in [0.4, 0.5) is 23.8 Å². The average molecular weight is 432 g/mol. The monoisotopic (exact) mass is 432 g/mol. The first-order chi connectivity index (χ1) is 13.7. The van der Waals surface area contributed by atoms with Gasteiger partial charge < -0.3 is 14.6 Å².